The van der Waals surface area contributed by atoms with Gasteiger partial charge in [-0.2, -0.15) is 10.2 Å². The summed E-state index contributed by atoms with van der Waals surface area (Å²) in [6.45, 7) is 5.13. The normalized spacial score (nSPS) is 9.73. The Kier molecular flexibility index (Phi) is 1.98. The summed E-state index contributed by atoms with van der Waals surface area (Å²) in [6, 6.07) is 1.75. The largest absolute Gasteiger partial charge is 0.294 e. The van der Waals surface area contributed by atoms with Gasteiger partial charge in [-0.05, 0) is 26.8 Å². The molecule has 1 aromatic rings. The summed E-state index contributed by atoms with van der Waals surface area (Å²) in [5, 5.41) is 7.65. The van der Waals surface area contributed by atoms with Crippen molar-refractivity contribution in [3.63, 3.8) is 0 Å². The van der Waals surface area contributed by atoms with E-state index >= 15 is 0 Å². The maximum Gasteiger partial charge on any atom is 0.161 e. The van der Waals surface area contributed by atoms with Crippen molar-refractivity contribution in [1.82, 2.24) is 10.2 Å². The second-order valence-electron chi connectivity index (χ2n) is 2.54. The number of carbonyl (C=O) groups excluding carboxylic acids is 1. The number of aryl methyl sites for hydroxylation is 2. The topological polar surface area (TPSA) is 42.9 Å². The van der Waals surface area contributed by atoms with E-state index in [1.165, 1.54) is 6.92 Å². The Morgan fingerprint density at radius 2 is 2.00 bits per heavy atom. The van der Waals surface area contributed by atoms with Gasteiger partial charge in [0.1, 0.15) is 0 Å². The van der Waals surface area contributed by atoms with Gasteiger partial charge in [-0.25, -0.2) is 0 Å². The van der Waals surface area contributed by atoms with E-state index in [9.17, 15) is 4.79 Å². The summed E-state index contributed by atoms with van der Waals surface area (Å²) in [6.07, 6.45) is 0. The first kappa shape index (κ1) is 7.85. The van der Waals surface area contributed by atoms with E-state index in [1.807, 2.05) is 6.92 Å². The highest BCUT2D eigenvalue weighted by molar-refractivity contribution is 5.95. The highest BCUT2D eigenvalue weighted by atomic mass is 16.1. The third-order valence-corrected chi connectivity index (χ3v) is 1.48. The van der Waals surface area contributed by atoms with Crippen molar-refractivity contribution in [2.24, 2.45) is 0 Å². The number of rotatable bonds is 1. The molecule has 0 aliphatic heterocycles. The second kappa shape index (κ2) is 2.78. The minimum atomic E-state index is 0.0421. The fourth-order valence-corrected chi connectivity index (χ4v) is 0.906. The molecule has 3 heteroatoms. The molecule has 3 nitrogen and oxygen atoms in total. The van der Waals surface area contributed by atoms with Crippen LogP contribution in [0.15, 0.2) is 6.07 Å². The highest BCUT2D eigenvalue weighted by Crippen LogP contribution is 2.05. The van der Waals surface area contributed by atoms with Gasteiger partial charge in [0.2, 0.25) is 0 Å². The average molecular weight is 150 g/mol. The first-order valence-corrected chi connectivity index (χ1v) is 3.43. The first-order valence-electron chi connectivity index (χ1n) is 3.43. The van der Waals surface area contributed by atoms with E-state index < -0.39 is 0 Å². The lowest BCUT2D eigenvalue weighted by atomic mass is 10.1. The minimum absolute atomic E-state index is 0.0421. The van der Waals surface area contributed by atoms with Gasteiger partial charge in [0.25, 0.3) is 0 Å². The molecule has 1 heterocycles. The van der Waals surface area contributed by atoms with E-state index in [0.717, 1.165) is 5.69 Å². The van der Waals surface area contributed by atoms with Crippen molar-refractivity contribution < 1.29 is 4.79 Å². The van der Waals surface area contributed by atoms with Crippen molar-refractivity contribution in [2.75, 3.05) is 0 Å². The molecule has 0 aromatic carbocycles. The molecule has 0 N–H and O–H groups in total. The molecule has 58 valence electrons. The second-order valence-corrected chi connectivity index (χ2v) is 2.54. The molecule has 0 atom stereocenters. The number of aromatic nitrogens is 2. The molecular formula is C8H10N2O. The Morgan fingerprint density at radius 1 is 1.36 bits per heavy atom. The molecule has 0 unspecified atom stereocenters. The van der Waals surface area contributed by atoms with E-state index in [0.29, 0.717) is 11.3 Å². The fourth-order valence-electron chi connectivity index (χ4n) is 0.906. The van der Waals surface area contributed by atoms with Crippen molar-refractivity contribution in [1.29, 1.82) is 0 Å². The molecule has 1 aromatic heterocycles. The van der Waals surface area contributed by atoms with Crippen LogP contribution in [0.4, 0.5) is 0 Å². The van der Waals surface area contributed by atoms with Crippen LogP contribution in [0.1, 0.15) is 28.7 Å². The molecular weight excluding hydrogens is 140 g/mol. The molecule has 0 aliphatic rings. The van der Waals surface area contributed by atoms with Crippen molar-refractivity contribution >= 4 is 5.78 Å². The molecule has 0 aliphatic carbocycles. The van der Waals surface area contributed by atoms with Crippen LogP contribution in [0.2, 0.25) is 0 Å². The number of nitrogens with zero attached hydrogens (tertiary/aromatic N) is 2. The quantitative estimate of drug-likeness (QED) is 0.566. The summed E-state index contributed by atoms with van der Waals surface area (Å²) in [4.78, 5) is 11.0. The Morgan fingerprint density at radius 3 is 2.45 bits per heavy atom. The van der Waals surface area contributed by atoms with Gasteiger partial charge in [0.05, 0.1) is 11.4 Å². The maximum atomic E-state index is 11.0. The Labute approximate surface area is 65.5 Å². The van der Waals surface area contributed by atoms with Crippen LogP contribution in [0.3, 0.4) is 0 Å². The molecule has 1 rings (SSSR count). The van der Waals surface area contributed by atoms with E-state index in [4.69, 9.17) is 0 Å². The first-order chi connectivity index (χ1) is 5.11. The Hall–Kier alpha value is -1.25. The van der Waals surface area contributed by atoms with Crippen LogP contribution in [0.5, 0.6) is 0 Å². The lowest BCUT2D eigenvalue weighted by Gasteiger charge is -1.99. The SMILES string of the molecule is CC(=O)c1cc(C)nnc1C. The summed E-state index contributed by atoms with van der Waals surface area (Å²) < 4.78 is 0. The van der Waals surface area contributed by atoms with Crippen LogP contribution in [0, 0.1) is 13.8 Å². The highest BCUT2D eigenvalue weighted by Gasteiger charge is 2.04. The number of hydrogen-bond acceptors (Lipinski definition) is 3. The maximum absolute atomic E-state index is 11.0. The molecule has 0 bridgehead atoms. The molecule has 0 amide bonds. The van der Waals surface area contributed by atoms with E-state index in [1.54, 1.807) is 13.0 Å². The summed E-state index contributed by atoms with van der Waals surface area (Å²) in [7, 11) is 0. The number of carbonyl (C=O) groups is 1. The van der Waals surface area contributed by atoms with Crippen LogP contribution in [0.25, 0.3) is 0 Å². The number of Topliss-reactive ketones (excluding diaryl/α,β-unsaturated/α-hetero) is 1. The van der Waals surface area contributed by atoms with Crippen LogP contribution < -0.4 is 0 Å². The number of ketones is 1. The Bertz CT molecular complexity index is 294. The lowest BCUT2D eigenvalue weighted by molar-refractivity contribution is 0.101. The third kappa shape index (κ3) is 1.61. The van der Waals surface area contributed by atoms with Crippen molar-refractivity contribution in [3.05, 3.63) is 23.0 Å². The van der Waals surface area contributed by atoms with Gasteiger partial charge < -0.3 is 0 Å². The van der Waals surface area contributed by atoms with Gasteiger partial charge >= 0.3 is 0 Å². The zero-order valence-electron chi connectivity index (χ0n) is 6.88. The van der Waals surface area contributed by atoms with Crippen LogP contribution >= 0.6 is 0 Å². The Balaban J connectivity index is 3.23. The van der Waals surface area contributed by atoms with Crippen molar-refractivity contribution in [3.8, 4) is 0 Å². The van der Waals surface area contributed by atoms with Gasteiger partial charge in [-0.1, -0.05) is 0 Å². The monoisotopic (exact) mass is 150 g/mol. The fraction of sp³-hybridized carbons (Fsp3) is 0.375. The van der Waals surface area contributed by atoms with Crippen LogP contribution in [-0.2, 0) is 0 Å². The van der Waals surface area contributed by atoms with E-state index in [2.05, 4.69) is 10.2 Å². The van der Waals surface area contributed by atoms with E-state index in [-0.39, 0.29) is 5.78 Å². The molecule has 11 heavy (non-hydrogen) atoms. The van der Waals surface area contributed by atoms with Gasteiger partial charge in [0.15, 0.2) is 5.78 Å². The average Bonchev–Trinajstić information content (AvgIpc) is 1.94. The molecule has 0 radical (unpaired) electrons. The third-order valence-electron chi connectivity index (χ3n) is 1.48. The summed E-state index contributed by atoms with van der Waals surface area (Å²) in [5.74, 6) is 0.0421. The molecule has 0 saturated carbocycles. The predicted molar refractivity (Wildman–Crippen MR) is 41.5 cm³/mol. The van der Waals surface area contributed by atoms with Gasteiger partial charge in [0, 0.05) is 5.56 Å². The summed E-state index contributed by atoms with van der Waals surface area (Å²) in [5.41, 5.74) is 2.14. The summed E-state index contributed by atoms with van der Waals surface area (Å²) >= 11 is 0. The molecule has 0 saturated heterocycles. The predicted octanol–water partition coefficient (Wildman–Crippen LogP) is 1.30. The van der Waals surface area contributed by atoms with Gasteiger partial charge in [-0.3, -0.25) is 4.79 Å². The lowest BCUT2D eigenvalue weighted by Crippen LogP contribution is -2.01. The van der Waals surface area contributed by atoms with Crippen LogP contribution in [-0.4, -0.2) is 16.0 Å². The smallest absolute Gasteiger partial charge is 0.161 e. The van der Waals surface area contributed by atoms with Gasteiger partial charge in [-0.15, -0.1) is 0 Å². The molecule has 0 fully saturated rings. The molecule has 0 spiro atoms. The minimum Gasteiger partial charge on any atom is -0.294 e. The number of hydrogen-bond donors (Lipinski definition) is 0. The zero-order valence-corrected chi connectivity index (χ0v) is 6.88. The van der Waals surface area contributed by atoms with Crippen molar-refractivity contribution in [2.45, 2.75) is 20.8 Å². The zero-order chi connectivity index (χ0) is 8.43. The standard InChI is InChI=1S/C8H10N2O/c1-5-4-8(7(3)11)6(2)10-9-5/h4H,1-3H3.